The van der Waals surface area contributed by atoms with Crippen LogP contribution in [0.2, 0.25) is 0 Å². The molecular weight excluding hydrogens is 248 g/mol. The number of phenolic OH excluding ortho intramolecular Hbond substituents is 3. The highest BCUT2D eigenvalue weighted by molar-refractivity contribution is 5.99. The molecule has 0 saturated carbocycles. The van der Waals surface area contributed by atoms with Gasteiger partial charge in [0, 0.05) is 39.1 Å². The summed E-state index contributed by atoms with van der Waals surface area (Å²) in [7, 11) is 0. The normalized spacial score (nSPS) is 16.4. The lowest BCUT2D eigenvalue weighted by Crippen LogP contribution is -2.44. The maximum absolute atomic E-state index is 12.0. The molecule has 104 valence electrons. The van der Waals surface area contributed by atoms with E-state index < -0.39 is 17.2 Å². The summed E-state index contributed by atoms with van der Waals surface area (Å²) in [5.74, 6) is -1.87. The fourth-order valence-electron chi connectivity index (χ4n) is 2.12. The Labute approximate surface area is 111 Å². The first kappa shape index (κ1) is 13.6. The van der Waals surface area contributed by atoms with Crippen molar-refractivity contribution < 1.29 is 20.1 Å². The summed E-state index contributed by atoms with van der Waals surface area (Å²) in [5, 5.41) is 31.4. The summed E-state index contributed by atoms with van der Waals surface area (Å²) in [6.45, 7) is 4.26. The number of benzene rings is 1. The molecule has 0 aliphatic carbocycles. The van der Waals surface area contributed by atoms with Crippen molar-refractivity contribution in [3.63, 3.8) is 0 Å². The molecule has 19 heavy (non-hydrogen) atoms. The van der Waals surface area contributed by atoms with E-state index in [0.717, 1.165) is 26.2 Å². The van der Waals surface area contributed by atoms with E-state index in [9.17, 15) is 20.1 Å². The number of hydrogen-bond donors (Lipinski definition) is 4. The van der Waals surface area contributed by atoms with E-state index in [4.69, 9.17) is 0 Å². The molecule has 0 spiro atoms. The van der Waals surface area contributed by atoms with Gasteiger partial charge in [-0.3, -0.25) is 4.79 Å². The number of carbonyl (C=O) groups excluding carboxylic acids is 1. The first-order chi connectivity index (χ1) is 9.09. The van der Waals surface area contributed by atoms with Gasteiger partial charge in [-0.15, -0.1) is 0 Å². The molecule has 6 heteroatoms. The Hall–Kier alpha value is -1.79. The van der Waals surface area contributed by atoms with Crippen LogP contribution in [0.5, 0.6) is 17.2 Å². The van der Waals surface area contributed by atoms with Crippen LogP contribution in [0.3, 0.4) is 0 Å². The molecule has 0 unspecified atom stereocenters. The SMILES string of the molecule is O=C(CCN1CCNCC1)c1ccc(O)c(O)c1O. The van der Waals surface area contributed by atoms with Crippen molar-refractivity contribution in [1.82, 2.24) is 10.2 Å². The van der Waals surface area contributed by atoms with E-state index in [1.165, 1.54) is 12.1 Å². The van der Waals surface area contributed by atoms with Gasteiger partial charge in [0.15, 0.2) is 17.3 Å². The molecule has 1 fully saturated rings. The molecule has 0 aromatic heterocycles. The fraction of sp³-hybridized carbons (Fsp3) is 0.462. The van der Waals surface area contributed by atoms with Crippen LogP contribution in [0.4, 0.5) is 0 Å². The number of piperazine rings is 1. The second-order valence-corrected chi connectivity index (χ2v) is 4.59. The fourth-order valence-corrected chi connectivity index (χ4v) is 2.12. The van der Waals surface area contributed by atoms with Crippen molar-refractivity contribution in [3.05, 3.63) is 17.7 Å². The van der Waals surface area contributed by atoms with Crippen molar-refractivity contribution >= 4 is 5.78 Å². The van der Waals surface area contributed by atoms with Crippen LogP contribution in [0.25, 0.3) is 0 Å². The monoisotopic (exact) mass is 266 g/mol. The van der Waals surface area contributed by atoms with Gasteiger partial charge in [0.2, 0.25) is 5.75 Å². The van der Waals surface area contributed by atoms with Gasteiger partial charge in [-0.25, -0.2) is 0 Å². The molecule has 2 rings (SSSR count). The minimum Gasteiger partial charge on any atom is -0.504 e. The third kappa shape index (κ3) is 3.15. The van der Waals surface area contributed by atoms with Crippen LogP contribution in [-0.4, -0.2) is 58.7 Å². The van der Waals surface area contributed by atoms with Crippen LogP contribution in [-0.2, 0) is 0 Å². The number of aromatic hydroxyl groups is 3. The molecule has 6 nitrogen and oxygen atoms in total. The first-order valence-corrected chi connectivity index (χ1v) is 6.29. The highest BCUT2D eigenvalue weighted by Gasteiger charge is 2.18. The molecule has 4 N–H and O–H groups in total. The van der Waals surface area contributed by atoms with Crippen molar-refractivity contribution in [2.75, 3.05) is 32.7 Å². The largest absolute Gasteiger partial charge is 0.504 e. The van der Waals surface area contributed by atoms with Gasteiger partial charge in [0.05, 0.1) is 5.56 Å². The molecule has 1 aromatic carbocycles. The first-order valence-electron chi connectivity index (χ1n) is 6.29. The lowest BCUT2D eigenvalue weighted by atomic mass is 10.1. The van der Waals surface area contributed by atoms with E-state index in [2.05, 4.69) is 10.2 Å². The van der Waals surface area contributed by atoms with E-state index in [1.807, 2.05) is 0 Å². The summed E-state index contributed by atoms with van der Waals surface area (Å²) in [4.78, 5) is 14.1. The minimum atomic E-state index is -0.645. The molecule has 1 aliphatic heterocycles. The maximum atomic E-state index is 12.0. The number of rotatable bonds is 4. The van der Waals surface area contributed by atoms with E-state index in [0.29, 0.717) is 6.54 Å². The molecule has 0 radical (unpaired) electrons. The van der Waals surface area contributed by atoms with Crippen LogP contribution < -0.4 is 5.32 Å². The summed E-state index contributed by atoms with van der Waals surface area (Å²) in [6, 6.07) is 2.53. The molecular formula is C13H18N2O4. The number of phenols is 3. The number of nitrogens with zero attached hydrogens (tertiary/aromatic N) is 1. The Kier molecular flexibility index (Phi) is 4.24. The molecule has 0 amide bonds. The summed E-state index contributed by atoms with van der Waals surface area (Å²) < 4.78 is 0. The Morgan fingerprint density at radius 1 is 1.16 bits per heavy atom. The zero-order valence-electron chi connectivity index (χ0n) is 10.6. The van der Waals surface area contributed by atoms with Crippen molar-refractivity contribution in [2.24, 2.45) is 0 Å². The standard InChI is InChI=1S/C13H18N2O4/c16-10(3-6-15-7-4-14-5-8-15)9-1-2-11(17)13(19)12(9)18/h1-2,14,17-19H,3-8H2. The second kappa shape index (κ2) is 5.90. The average molecular weight is 266 g/mol. The highest BCUT2D eigenvalue weighted by Crippen LogP contribution is 2.37. The van der Waals surface area contributed by atoms with Crippen molar-refractivity contribution in [1.29, 1.82) is 0 Å². The molecule has 1 aromatic rings. The quantitative estimate of drug-likeness (QED) is 0.462. The zero-order valence-corrected chi connectivity index (χ0v) is 10.6. The van der Waals surface area contributed by atoms with Crippen LogP contribution >= 0.6 is 0 Å². The Balaban J connectivity index is 1.98. The Morgan fingerprint density at radius 2 is 1.84 bits per heavy atom. The lowest BCUT2D eigenvalue weighted by Gasteiger charge is -2.26. The van der Waals surface area contributed by atoms with Gasteiger partial charge in [0.25, 0.3) is 0 Å². The third-order valence-electron chi connectivity index (χ3n) is 3.30. The number of carbonyl (C=O) groups is 1. The van der Waals surface area contributed by atoms with Gasteiger partial charge in [0.1, 0.15) is 0 Å². The van der Waals surface area contributed by atoms with Gasteiger partial charge in [-0.2, -0.15) is 0 Å². The molecule has 1 heterocycles. The van der Waals surface area contributed by atoms with Crippen LogP contribution in [0.1, 0.15) is 16.8 Å². The average Bonchev–Trinajstić information content (AvgIpc) is 2.43. The van der Waals surface area contributed by atoms with Gasteiger partial charge < -0.3 is 25.5 Å². The second-order valence-electron chi connectivity index (χ2n) is 4.59. The van der Waals surface area contributed by atoms with E-state index in [1.54, 1.807) is 0 Å². The van der Waals surface area contributed by atoms with Gasteiger partial charge in [-0.05, 0) is 12.1 Å². The summed E-state index contributed by atoms with van der Waals surface area (Å²) in [6.07, 6.45) is 0.276. The predicted molar refractivity (Wildman–Crippen MR) is 69.7 cm³/mol. The number of hydrogen-bond acceptors (Lipinski definition) is 6. The zero-order chi connectivity index (χ0) is 13.8. The maximum Gasteiger partial charge on any atom is 0.201 e. The topological polar surface area (TPSA) is 93.0 Å². The van der Waals surface area contributed by atoms with E-state index in [-0.39, 0.29) is 17.8 Å². The summed E-state index contributed by atoms with van der Waals surface area (Å²) in [5.41, 5.74) is 0.0467. The molecule has 0 bridgehead atoms. The predicted octanol–water partition coefficient (Wildman–Crippen LogP) is 0.281. The van der Waals surface area contributed by atoms with Gasteiger partial charge >= 0.3 is 0 Å². The van der Waals surface area contributed by atoms with Crippen LogP contribution in [0, 0.1) is 0 Å². The van der Waals surface area contributed by atoms with E-state index >= 15 is 0 Å². The Bertz CT molecular complexity index is 470. The number of ketones is 1. The molecule has 0 atom stereocenters. The molecule has 1 saturated heterocycles. The number of Topliss-reactive ketones (excluding diaryl/α,β-unsaturated/α-hetero) is 1. The van der Waals surface area contributed by atoms with Crippen molar-refractivity contribution in [3.8, 4) is 17.2 Å². The number of nitrogens with one attached hydrogen (secondary N) is 1. The smallest absolute Gasteiger partial charge is 0.201 e. The van der Waals surface area contributed by atoms with Gasteiger partial charge in [-0.1, -0.05) is 0 Å². The van der Waals surface area contributed by atoms with Crippen molar-refractivity contribution in [2.45, 2.75) is 6.42 Å². The minimum absolute atomic E-state index is 0.0467. The highest BCUT2D eigenvalue weighted by atomic mass is 16.3. The Morgan fingerprint density at radius 3 is 2.53 bits per heavy atom. The van der Waals surface area contributed by atoms with Crippen LogP contribution in [0.15, 0.2) is 12.1 Å². The molecule has 1 aliphatic rings. The third-order valence-corrected chi connectivity index (χ3v) is 3.30. The summed E-state index contributed by atoms with van der Waals surface area (Å²) >= 11 is 0. The lowest BCUT2D eigenvalue weighted by molar-refractivity contribution is 0.0957.